The van der Waals surface area contributed by atoms with Crippen LogP contribution in [-0.4, -0.2) is 52.8 Å². The van der Waals surface area contributed by atoms with Gasteiger partial charge in [0.2, 0.25) is 0 Å². The van der Waals surface area contributed by atoms with E-state index in [9.17, 15) is 9.18 Å². The number of nitrogen functional groups attached to an aromatic ring is 1. The zero-order chi connectivity index (χ0) is 30.4. The first kappa shape index (κ1) is 33.8. The van der Waals surface area contributed by atoms with Gasteiger partial charge in [-0.3, -0.25) is 9.36 Å². The monoisotopic (exact) mass is 599 g/mol. The molecule has 0 unspecified atom stereocenters. The third-order valence-electron chi connectivity index (χ3n) is 5.67. The van der Waals surface area contributed by atoms with Gasteiger partial charge in [0, 0.05) is 11.6 Å². The zero-order valence-corrected chi connectivity index (χ0v) is 25.7. The van der Waals surface area contributed by atoms with Crippen LogP contribution in [0.4, 0.5) is 21.5 Å². The Morgan fingerprint density at radius 1 is 1.24 bits per heavy atom. The van der Waals surface area contributed by atoms with Crippen LogP contribution in [0.25, 0.3) is 11.8 Å². The fourth-order valence-corrected chi connectivity index (χ4v) is 4.26. The maximum absolute atomic E-state index is 13.3. The highest BCUT2D eigenvalue weighted by Crippen LogP contribution is 2.31. The molecule has 3 rings (SSSR count). The second-order valence-corrected chi connectivity index (χ2v) is 10.5. The lowest BCUT2D eigenvalue weighted by Gasteiger charge is -2.26. The van der Waals surface area contributed by atoms with Gasteiger partial charge < -0.3 is 21.1 Å². The van der Waals surface area contributed by atoms with Crippen molar-refractivity contribution in [2.24, 2.45) is 0 Å². The molecule has 7 nitrogen and oxygen atoms in total. The Hall–Kier alpha value is -3.37. The number of nitrogens with one attached hydrogen (secondary N) is 1. The number of anilines is 3. The molecule has 41 heavy (non-hydrogen) atoms. The summed E-state index contributed by atoms with van der Waals surface area (Å²) in [4.78, 5) is 20.5. The molecule has 220 valence electrons. The summed E-state index contributed by atoms with van der Waals surface area (Å²) < 4.78 is 13.4. The van der Waals surface area contributed by atoms with Gasteiger partial charge in [-0.05, 0) is 76.1 Å². The molecule has 2 aromatic carbocycles. The number of aliphatic hydroxyl groups excluding tert-OH is 1. The molecule has 0 fully saturated rings. The molecule has 0 amide bonds. The van der Waals surface area contributed by atoms with Crippen molar-refractivity contribution in [1.82, 2.24) is 14.9 Å². The molecular formula is C31H39ClFN5O2S. The number of rotatable bonds is 11. The number of allylic oxidation sites excluding steroid dienone is 5. The highest BCUT2D eigenvalue weighted by atomic mass is 35.5. The molecule has 0 spiro atoms. The fourth-order valence-electron chi connectivity index (χ4n) is 3.57. The molecule has 0 saturated heterocycles. The van der Waals surface area contributed by atoms with Crippen LogP contribution in [-0.2, 0) is 0 Å². The highest BCUT2D eigenvalue weighted by Gasteiger charge is 2.15. The van der Waals surface area contributed by atoms with E-state index in [0.29, 0.717) is 34.5 Å². The van der Waals surface area contributed by atoms with Gasteiger partial charge in [-0.2, -0.15) is 0 Å². The summed E-state index contributed by atoms with van der Waals surface area (Å²) in [6.07, 6.45) is 12.9. The average molecular weight is 600 g/mol. The smallest absolute Gasteiger partial charge is 0.272 e. The average Bonchev–Trinajstić information content (AvgIpc) is 2.96. The number of benzene rings is 2. The molecule has 0 aliphatic rings. The van der Waals surface area contributed by atoms with Gasteiger partial charge in [0.05, 0.1) is 40.9 Å². The van der Waals surface area contributed by atoms with Crippen molar-refractivity contribution in [2.45, 2.75) is 31.3 Å². The Kier molecular flexibility index (Phi) is 13.9. The molecule has 0 aliphatic heterocycles. The standard InChI is InChI=1S/C27H30ClN5OS.C4H9FO/c1-4-20(9-8-16-28)12-14-24-26(35-3)27(34)33(19-31-24)22-13-15-25(23(29)17-22)32(18-30-2)21-10-6-5-7-11-21;1-4(2,5)3-6/h4-15,17,19,30H,16,18,29H2,1-3H3;6H,3H2,1-2H3/b9-8-,14-12+,20-4+;. The number of para-hydroxylation sites is 1. The zero-order valence-electron chi connectivity index (χ0n) is 24.1. The molecule has 0 saturated carbocycles. The van der Waals surface area contributed by atoms with Gasteiger partial charge in [-0.15, -0.1) is 23.4 Å². The quantitative estimate of drug-likeness (QED) is 0.0779. The largest absolute Gasteiger partial charge is 0.397 e. The predicted octanol–water partition coefficient (Wildman–Crippen LogP) is 6.33. The van der Waals surface area contributed by atoms with Gasteiger partial charge in [0.15, 0.2) is 0 Å². The summed E-state index contributed by atoms with van der Waals surface area (Å²) >= 11 is 7.11. The van der Waals surface area contributed by atoms with Gasteiger partial charge >= 0.3 is 0 Å². The third kappa shape index (κ3) is 10.2. The number of nitrogens with two attached hydrogens (primary N) is 1. The molecule has 0 aliphatic carbocycles. The summed E-state index contributed by atoms with van der Waals surface area (Å²) in [5.74, 6) is 0.440. The van der Waals surface area contributed by atoms with E-state index >= 15 is 0 Å². The van der Waals surface area contributed by atoms with E-state index in [-0.39, 0.29) is 5.56 Å². The van der Waals surface area contributed by atoms with Crippen molar-refractivity contribution in [3.63, 3.8) is 0 Å². The maximum atomic E-state index is 13.3. The lowest BCUT2D eigenvalue weighted by atomic mass is 10.2. The Labute approximate surface area is 251 Å². The predicted molar refractivity (Wildman–Crippen MR) is 173 cm³/mol. The lowest BCUT2D eigenvalue weighted by molar-refractivity contribution is 0.106. The first-order valence-corrected chi connectivity index (χ1v) is 14.8. The van der Waals surface area contributed by atoms with Crippen LogP contribution in [0.5, 0.6) is 0 Å². The summed E-state index contributed by atoms with van der Waals surface area (Å²) in [5, 5.41) is 11.2. The van der Waals surface area contributed by atoms with E-state index in [2.05, 4.69) is 15.2 Å². The van der Waals surface area contributed by atoms with Gasteiger partial charge in [0.1, 0.15) is 12.0 Å². The number of aliphatic hydroxyl groups is 1. The minimum Gasteiger partial charge on any atom is -0.397 e. The normalized spacial score (nSPS) is 12.0. The van der Waals surface area contributed by atoms with E-state index in [1.807, 2.05) is 93.1 Å². The van der Waals surface area contributed by atoms with E-state index in [4.69, 9.17) is 22.4 Å². The number of alkyl halides is 2. The first-order valence-electron chi connectivity index (χ1n) is 13.0. The van der Waals surface area contributed by atoms with Crippen LogP contribution in [0.1, 0.15) is 26.5 Å². The Morgan fingerprint density at radius 3 is 2.46 bits per heavy atom. The topological polar surface area (TPSA) is 96.4 Å². The van der Waals surface area contributed by atoms with Gasteiger partial charge in [-0.1, -0.05) is 42.5 Å². The Morgan fingerprint density at radius 2 is 1.93 bits per heavy atom. The van der Waals surface area contributed by atoms with Gasteiger partial charge in [-0.25, -0.2) is 9.37 Å². The number of hydrogen-bond donors (Lipinski definition) is 3. The Bertz CT molecular complexity index is 1400. The van der Waals surface area contributed by atoms with Crippen molar-refractivity contribution in [1.29, 1.82) is 0 Å². The van der Waals surface area contributed by atoms with Crippen molar-refractivity contribution in [3.05, 3.63) is 101 Å². The maximum Gasteiger partial charge on any atom is 0.272 e. The summed E-state index contributed by atoms with van der Waals surface area (Å²) in [5.41, 5.74) is 9.61. The molecule has 0 bridgehead atoms. The van der Waals surface area contributed by atoms with E-state index in [0.717, 1.165) is 16.9 Å². The van der Waals surface area contributed by atoms with Crippen molar-refractivity contribution < 1.29 is 9.50 Å². The number of nitrogens with zero attached hydrogens (tertiary/aromatic N) is 3. The fraction of sp³-hybridized carbons (Fsp3) is 0.290. The third-order valence-corrected chi connectivity index (χ3v) is 6.64. The molecule has 4 N–H and O–H groups in total. The minimum absolute atomic E-state index is 0.146. The van der Waals surface area contributed by atoms with Crippen molar-refractivity contribution in [3.8, 4) is 5.69 Å². The number of halogens is 2. The van der Waals surface area contributed by atoms with Crippen LogP contribution >= 0.6 is 23.4 Å². The summed E-state index contributed by atoms with van der Waals surface area (Å²) in [6, 6.07) is 15.6. The molecule has 10 heteroatoms. The van der Waals surface area contributed by atoms with Gasteiger partial charge in [0.25, 0.3) is 5.56 Å². The molecule has 0 radical (unpaired) electrons. The first-order chi connectivity index (χ1) is 19.6. The summed E-state index contributed by atoms with van der Waals surface area (Å²) in [6.45, 7) is 4.79. The van der Waals surface area contributed by atoms with Crippen LogP contribution in [0.15, 0.2) is 94.4 Å². The second-order valence-electron chi connectivity index (χ2n) is 9.41. The molecule has 1 heterocycles. The number of aromatic nitrogens is 2. The van der Waals surface area contributed by atoms with E-state index in [1.165, 1.54) is 30.2 Å². The van der Waals surface area contributed by atoms with Crippen molar-refractivity contribution >= 4 is 46.5 Å². The van der Waals surface area contributed by atoms with Crippen LogP contribution < -0.4 is 21.5 Å². The van der Waals surface area contributed by atoms with Crippen LogP contribution in [0.2, 0.25) is 0 Å². The second kappa shape index (κ2) is 16.8. The number of hydrogen-bond acceptors (Lipinski definition) is 7. The molecule has 3 aromatic rings. The van der Waals surface area contributed by atoms with Crippen LogP contribution in [0, 0.1) is 0 Å². The SMILES string of the molecule is C/C=C(\C=C/CCl)/C=C/c1ncn(-c2ccc(N(CNC)c3ccccc3)c(N)c2)c(=O)c1SC.CC(C)(F)CO. The lowest BCUT2D eigenvalue weighted by Crippen LogP contribution is -2.28. The molecular weight excluding hydrogens is 561 g/mol. The Balaban J connectivity index is 0.000000883. The summed E-state index contributed by atoms with van der Waals surface area (Å²) in [7, 11) is 1.89. The van der Waals surface area contributed by atoms with E-state index in [1.54, 1.807) is 12.4 Å². The molecule has 0 atom stereocenters. The van der Waals surface area contributed by atoms with E-state index < -0.39 is 12.3 Å². The minimum atomic E-state index is -1.40. The van der Waals surface area contributed by atoms with Crippen LogP contribution in [0.3, 0.4) is 0 Å². The van der Waals surface area contributed by atoms with Crippen molar-refractivity contribution in [2.75, 3.05) is 43.1 Å². The number of thioether (sulfide) groups is 1. The highest BCUT2D eigenvalue weighted by molar-refractivity contribution is 7.98. The molecule has 1 aromatic heterocycles.